The van der Waals surface area contributed by atoms with E-state index in [0.29, 0.717) is 12.0 Å². The van der Waals surface area contributed by atoms with E-state index in [0.717, 1.165) is 11.4 Å². The van der Waals surface area contributed by atoms with Gasteiger partial charge in [-0.3, -0.25) is 4.79 Å². The van der Waals surface area contributed by atoms with Crippen LogP contribution in [-0.4, -0.2) is 23.4 Å². The van der Waals surface area contributed by atoms with Gasteiger partial charge in [-0.15, -0.1) is 11.3 Å². The van der Waals surface area contributed by atoms with E-state index in [2.05, 4.69) is 30.9 Å². The van der Waals surface area contributed by atoms with Gasteiger partial charge in [-0.25, -0.2) is 0 Å². The summed E-state index contributed by atoms with van der Waals surface area (Å²) >= 11 is 1.61. The molecule has 0 unspecified atom stereocenters. The van der Waals surface area contributed by atoms with Crippen LogP contribution in [0, 0.1) is 5.92 Å². The predicted molar refractivity (Wildman–Crippen MR) is 80.7 cm³/mol. The molecule has 1 heterocycles. The molecule has 0 N–H and O–H groups in total. The number of carbonyl (C=O) groups is 1. The Hall–Kier alpha value is -1.35. The number of benzene rings is 1. The van der Waals surface area contributed by atoms with Gasteiger partial charge in [0.2, 0.25) is 0 Å². The van der Waals surface area contributed by atoms with Crippen molar-refractivity contribution in [2.24, 2.45) is 5.92 Å². The molecule has 1 fully saturated rings. The molecule has 1 aliphatic rings. The number of amides is 1. The maximum Gasteiger partial charge on any atom is 0.264 e. The predicted octanol–water partition coefficient (Wildman–Crippen LogP) is 4.16. The quantitative estimate of drug-likeness (QED) is 0.819. The topological polar surface area (TPSA) is 20.3 Å². The fourth-order valence-electron chi connectivity index (χ4n) is 2.41. The minimum Gasteiger partial charge on any atom is -0.335 e. The van der Waals surface area contributed by atoms with E-state index in [9.17, 15) is 4.79 Å². The lowest BCUT2D eigenvalue weighted by Crippen LogP contribution is -2.35. The van der Waals surface area contributed by atoms with Crippen molar-refractivity contribution in [1.82, 2.24) is 4.90 Å². The van der Waals surface area contributed by atoms with Crippen molar-refractivity contribution in [2.75, 3.05) is 6.54 Å². The van der Waals surface area contributed by atoms with Crippen LogP contribution in [0.15, 0.2) is 30.3 Å². The van der Waals surface area contributed by atoms with E-state index in [1.807, 2.05) is 18.2 Å². The van der Waals surface area contributed by atoms with Crippen LogP contribution in [0.25, 0.3) is 10.1 Å². The van der Waals surface area contributed by atoms with Crippen molar-refractivity contribution in [2.45, 2.75) is 32.7 Å². The van der Waals surface area contributed by atoms with Crippen molar-refractivity contribution in [3.8, 4) is 0 Å². The molecule has 2 aromatic rings. The molecular weight excluding hydrogens is 254 g/mol. The molecule has 0 atom stereocenters. The molecule has 0 bridgehead atoms. The van der Waals surface area contributed by atoms with Crippen LogP contribution in [0.1, 0.15) is 36.4 Å². The molecule has 19 heavy (non-hydrogen) atoms. The second-order valence-corrected chi connectivity index (χ2v) is 6.81. The molecule has 3 heteroatoms. The Kier molecular flexibility index (Phi) is 3.31. The first-order valence-corrected chi connectivity index (χ1v) is 7.76. The summed E-state index contributed by atoms with van der Waals surface area (Å²) in [4.78, 5) is 15.6. The maximum absolute atomic E-state index is 12.7. The second-order valence-electron chi connectivity index (χ2n) is 5.73. The van der Waals surface area contributed by atoms with Gasteiger partial charge in [0.1, 0.15) is 0 Å². The first kappa shape index (κ1) is 12.7. The summed E-state index contributed by atoms with van der Waals surface area (Å²) in [5.41, 5.74) is 0. The average molecular weight is 273 g/mol. The van der Waals surface area contributed by atoms with E-state index < -0.39 is 0 Å². The molecule has 0 radical (unpaired) electrons. The number of thiophene rings is 1. The van der Waals surface area contributed by atoms with E-state index in [-0.39, 0.29) is 5.91 Å². The van der Waals surface area contributed by atoms with Crippen LogP contribution in [0.5, 0.6) is 0 Å². The highest BCUT2D eigenvalue weighted by Gasteiger charge is 2.33. The van der Waals surface area contributed by atoms with Crippen LogP contribution in [-0.2, 0) is 0 Å². The number of rotatable bonds is 4. The molecule has 0 aliphatic heterocycles. The van der Waals surface area contributed by atoms with Crippen LogP contribution in [0.2, 0.25) is 0 Å². The van der Waals surface area contributed by atoms with Gasteiger partial charge in [-0.2, -0.15) is 0 Å². The highest BCUT2D eigenvalue weighted by molar-refractivity contribution is 7.20. The molecule has 2 nitrogen and oxygen atoms in total. The van der Waals surface area contributed by atoms with Gasteiger partial charge < -0.3 is 4.90 Å². The third kappa shape index (κ3) is 2.66. The monoisotopic (exact) mass is 273 g/mol. The number of hydrogen-bond acceptors (Lipinski definition) is 2. The lowest BCUT2D eigenvalue weighted by Gasteiger charge is -2.23. The smallest absolute Gasteiger partial charge is 0.264 e. The van der Waals surface area contributed by atoms with Crippen molar-refractivity contribution in [3.63, 3.8) is 0 Å². The zero-order valence-corrected chi connectivity index (χ0v) is 12.2. The molecule has 3 rings (SSSR count). The molecule has 1 aliphatic carbocycles. The van der Waals surface area contributed by atoms with Gasteiger partial charge in [0.15, 0.2) is 0 Å². The Morgan fingerprint density at radius 1 is 1.37 bits per heavy atom. The van der Waals surface area contributed by atoms with E-state index in [1.165, 1.54) is 22.9 Å². The minimum atomic E-state index is 0.220. The van der Waals surface area contributed by atoms with Crippen molar-refractivity contribution < 1.29 is 4.79 Å². The van der Waals surface area contributed by atoms with Gasteiger partial charge in [-0.05, 0) is 36.3 Å². The van der Waals surface area contributed by atoms with Gasteiger partial charge in [0.05, 0.1) is 4.88 Å². The third-order valence-electron chi connectivity index (χ3n) is 3.45. The fraction of sp³-hybridized carbons (Fsp3) is 0.438. The van der Waals surface area contributed by atoms with Gasteiger partial charge in [0.25, 0.3) is 5.91 Å². The molecule has 100 valence electrons. The SMILES string of the molecule is CC(C)CN(C(=O)c1cc2ccccc2s1)C1CC1. The first-order valence-electron chi connectivity index (χ1n) is 6.94. The van der Waals surface area contributed by atoms with E-state index in [1.54, 1.807) is 11.3 Å². The Balaban J connectivity index is 1.88. The first-order chi connectivity index (χ1) is 9.15. The minimum absolute atomic E-state index is 0.220. The summed E-state index contributed by atoms with van der Waals surface area (Å²) in [6.45, 7) is 5.22. The Morgan fingerprint density at radius 2 is 2.11 bits per heavy atom. The highest BCUT2D eigenvalue weighted by atomic mass is 32.1. The molecule has 0 saturated heterocycles. The van der Waals surface area contributed by atoms with Gasteiger partial charge in [-0.1, -0.05) is 32.0 Å². The maximum atomic E-state index is 12.7. The second kappa shape index (κ2) is 4.97. The van der Waals surface area contributed by atoms with Crippen LogP contribution < -0.4 is 0 Å². The Labute approximate surface area is 118 Å². The largest absolute Gasteiger partial charge is 0.335 e. The lowest BCUT2D eigenvalue weighted by atomic mass is 10.2. The average Bonchev–Trinajstić information content (AvgIpc) is 3.13. The number of carbonyl (C=O) groups excluding carboxylic acids is 1. The summed E-state index contributed by atoms with van der Waals surface area (Å²) in [6, 6.07) is 10.7. The standard InChI is InChI=1S/C16H19NOS/c1-11(2)10-17(13-7-8-13)16(18)15-9-12-5-3-4-6-14(12)19-15/h3-6,9,11,13H,7-8,10H2,1-2H3. The van der Waals surface area contributed by atoms with E-state index >= 15 is 0 Å². The number of nitrogens with zero attached hydrogens (tertiary/aromatic N) is 1. The summed E-state index contributed by atoms with van der Waals surface area (Å²) in [5.74, 6) is 0.747. The number of fused-ring (bicyclic) bond motifs is 1. The normalized spacial score (nSPS) is 15.1. The lowest BCUT2D eigenvalue weighted by molar-refractivity contribution is 0.0727. The summed E-state index contributed by atoms with van der Waals surface area (Å²) in [6.07, 6.45) is 2.34. The zero-order valence-electron chi connectivity index (χ0n) is 11.4. The fourth-order valence-corrected chi connectivity index (χ4v) is 3.43. The highest BCUT2D eigenvalue weighted by Crippen LogP contribution is 2.32. The molecule has 1 aromatic carbocycles. The zero-order chi connectivity index (χ0) is 13.4. The molecule has 0 spiro atoms. The molecule has 1 amide bonds. The van der Waals surface area contributed by atoms with Crippen LogP contribution in [0.3, 0.4) is 0 Å². The molecule has 1 aromatic heterocycles. The number of hydrogen-bond donors (Lipinski definition) is 0. The third-order valence-corrected chi connectivity index (χ3v) is 4.55. The summed E-state index contributed by atoms with van der Waals surface area (Å²) < 4.78 is 1.20. The van der Waals surface area contributed by atoms with Gasteiger partial charge >= 0.3 is 0 Å². The Bertz CT molecular complexity index is 565. The van der Waals surface area contributed by atoms with E-state index in [4.69, 9.17) is 0 Å². The Morgan fingerprint density at radius 3 is 2.74 bits per heavy atom. The van der Waals surface area contributed by atoms with Crippen LogP contribution >= 0.6 is 11.3 Å². The van der Waals surface area contributed by atoms with Crippen molar-refractivity contribution in [3.05, 3.63) is 35.2 Å². The summed E-state index contributed by atoms with van der Waals surface area (Å²) in [7, 11) is 0. The molecular formula is C16H19NOS. The van der Waals surface area contributed by atoms with Crippen molar-refractivity contribution in [1.29, 1.82) is 0 Å². The van der Waals surface area contributed by atoms with Crippen LogP contribution in [0.4, 0.5) is 0 Å². The summed E-state index contributed by atoms with van der Waals surface area (Å²) in [5, 5.41) is 1.18. The van der Waals surface area contributed by atoms with Gasteiger partial charge in [0, 0.05) is 17.3 Å². The van der Waals surface area contributed by atoms with Crippen molar-refractivity contribution >= 4 is 27.3 Å². The molecule has 1 saturated carbocycles.